The Labute approximate surface area is 164 Å². The van der Waals surface area contributed by atoms with Crippen molar-refractivity contribution < 1.29 is 9.90 Å². The first kappa shape index (κ1) is 18.9. The van der Waals surface area contributed by atoms with Gasteiger partial charge < -0.3 is 19.6 Å². The van der Waals surface area contributed by atoms with Crippen LogP contribution < -0.4 is 5.56 Å². The molecular formula is C21H28N4O3. The fourth-order valence-electron chi connectivity index (χ4n) is 4.35. The van der Waals surface area contributed by atoms with Gasteiger partial charge in [-0.25, -0.2) is 4.98 Å². The number of nitrogens with zero attached hydrogens (tertiary/aromatic N) is 3. The molecule has 2 aromatic heterocycles. The second-order valence-corrected chi connectivity index (χ2v) is 8.20. The van der Waals surface area contributed by atoms with E-state index in [-0.39, 0.29) is 17.0 Å². The minimum Gasteiger partial charge on any atom is -0.388 e. The molecule has 0 atom stereocenters. The summed E-state index contributed by atoms with van der Waals surface area (Å²) < 4.78 is 1.94. The van der Waals surface area contributed by atoms with Gasteiger partial charge in [0, 0.05) is 31.2 Å². The quantitative estimate of drug-likeness (QED) is 0.790. The van der Waals surface area contributed by atoms with Crippen molar-refractivity contribution in [3.8, 4) is 0 Å². The number of aliphatic hydroxyl groups is 1. The van der Waals surface area contributed by atoms with E-state index in [1.807, 2.05) is 17.7 Å². The van der Waals surface area contributed by atoms with E-state index in [9.17, 15) is 14.7 Å². The number of likely N-dealkylation sites (tertiary alicyclic amines) is 1. The molecule has 1 fully saturated rings. The number of carbonyl (C=O) groups excluding carboxylic acids is 1. The largest absolute Gasteiger partial charge is 0.388 e. The Hall–Kier alpha value is -2.41. The highest BCUT2D eigenvalue weighted by Crippen LogP contribution is 2.26. The predicted molar refractivity (Wildman–Crippen MR) is 105 cm³/mol. The minimum absolute atomic E-state index is 0.228. The molecule has 0 unspecified atom stereocenters. The van der Waals surface area contributed by atoms with Gasteiger partial charge >= 0.3 is 0 Å². The number of amides is 1. The minimum atomic E-state index is -0.859. The standard InChI is InChI=1S/C21H28N4O3/c1-15-22-9-12-25(15)14-21(28)7-10-24(11-8-21)20(27)17-13-16-5-3-2-4-6-18(16)23-19(17)26/h9,12-13,28H,2-8,10-11,14H2,1H3,(H,23,26). The van der Waals surface area contributed by atoms with Crippen molar-refractivity contribution in [1.82, 2.24) is 19.4 Å². The van der Waals surface area contributed by atoms with Crippen LogP contribution in [0, 0.1) is 6.92 Å². The second kappa shape index (κ2) is 7.54. The number of imidazole rings is 1. The maximum absolute atomic E-state index is 13.0. The zero-order valence-electron chi connectivity index (χ0n) is 16.4. The Balaban J connectivity index is 1.46. The molecule has 2 aliphatic rings. The van der Waals surface area contributed by atoms with Crippen LogP contribution in [0.3, 0.4) is 0 Å². The molecule has 0 radical (unpaired) electrons. The van der Waals surface area contributed by atoms with Crippen molar-refractivity contribution >= 4 is 5.91 Å². The number of aromatic amines is 1. The van der Waals surface area contributed by atoms with E-state index in [4.69, 9.17) is 0 Å². The van der Waals surface area contributed by atoms with E-state index >= 15 is 0 Å². The number of rotatable bonds is 3. The first-order chi connectivity index (χ1) is 13.5. The molecule has 0 spiro atoms. The van der Waals surface area contributed by atoms with Gasteiger partial charge in [0.25, 0.3) is 11.5 Å². The van der Waals surface area contributed by atoms with Gasteiger partial charge in [0.2, 0.25) is 0 Å². The van der Waals surface area contributed by atoms with Crippen LogP contribution in [0.15, 0.2) is 23.3 Å². The summed E-state index contributed by atoms with van der Waals surface area (Å²) in [4.78, 5) is 34.3. The molecule has 7 heteroatoms. The highest BCUT2D eigenvalue weighted by Gasteiger charge is 2.35. The van der Waals surface area contributed by atoms with Gasteiger partial charge in [-0.3, -0.25) is 9.59 Å². The summed E-state index contributed by atoms with van der Waals surface area (Å²) in [6.07, 6.45) is 9.68. The molecule has 0 bridgehead atoms. The fourth-order valence-corrected chi connectivity index (χ4v) is 4.35. The number of hydrogen-bond donors (Lipinski definition) is 2. The Morgan fingerprint density at radius 3 is 2.71 bits per heavy atom. The monoisotopic (exact) mass is 384 g/mol. The van der Waals surface area contributed by atoms with Gasteiger partial charge in [-0.1, -0.05) is 6.42 Å². The van der Waals surface area contributed by atoms with Crippen molar-refractivity contribution in [2.75, 3.05) is 13.1 Å². The number of piperidine rings is 1. The van der Waals surface area contributed by atoms with E-state index in [0.29, 0.717) is 32.5 Å². The van der Waals surface area contributed by atoms with E-state index in [1.54, 1.807) is 17.2 Å². The van der Waals surface area contributed by atoms with Crippen molar-refractivity contribution in [2.45, 2.75) is 64.0 Å². The normalized spacial score (nSPS) is 19.1. The second-order valence-electron chi connectivity index (χ2n) is 8.20. The van der Waals surface area contributed by atoms with Crippen molar-refractivity contribution in [3.63, 3.8) is 0 Å². The van der Waals surface area contributed by atoms with Gasteiger partial charge in [-0.15, -0.1) is 0 Å². The average molecular weight is 384 g/mol. The van der Waals surface area contributed by atoms with Crippen LogP contribution in [0.25, 0.3) is 0 Å². The number of hydrogen-bond acceptors (Lipinski definition) is 4. The third-order valence-corrected chi connectivity index (χ3v) is 6.19. The highest BCUT2D eigenvalue weighted by atomic mass is 16.3. The zero-order chi connectivity index (χ0) is 19.7. The molecule has 2 aromatic rings. The summed E-state index contributed by atoms with van der Waals surface area (Å²) in [5, 5.41) is 10.9. The number of aryl methyl sites for hydroxylation is 3. The Bertz CT molecular complexity index is 922. The van der Waals surface area contributed by atoms with E-state index in [1.165, 1.54) is 0 Å². The molecule has 0 saturated carbocycles. The number of H-pyrrole nitrogens is 1. The summed E-state index contributed by atoms with van der Waals surface area (Å²) in [5.41, 5.74) is 1.17. The van der Waals surface area contributed by atoms with E-state index in [2.05, 4.69) is 9.97 Å². The lowest BCUT2D eigenvalue weighted by Gasteiger charge is -2.38. The van der Waals surface area contributed by atoms with Gasteiger partial charge in [0.15, 0.2) is 0 Å². The summed E-state index contributed by atoms with van der Waals surface area (Å²) in [6.45, 7) is 3.27. The van der Waals surface area contributed by atoms with E-state index in [0.717, 1.165) is 49.2 Å². The molecule has 150 valence electrons. The van der Waals surface area contributed by atoms with Crippen LogP contribution in [0.5, 0.6) is 0 Å². The summed E-state index contributed by atoms with van der Waals surface area (Å²) >= 11 is 0. The molecule has 3 heterocycles. The molecule has 1 amide bonds. The van der Waals surface area contributed by atoms with Crippen LogP contribution in [0.1, 0.15) is 59.5 Å². The zero-order valence-corrected chi connectivity index (χ0v) is 16.4. The predicted octanol–water partition coefficient (Wildman–Crippen LogP) is 1.82. The molecule has 1 saturated heterocycles. The van der Waals surface area contributed by atoms with Crippen LogP contribution in [-0.2, 0) is 19.4 Å². The van der Waals surface area contributed by atoms with Crippen LogP contribution in [0.2, 0.25) is 0 Å². The fraction of sp³-hybridized carbons (Fsp3) is 0.571. The molecule has 1 aliphatic heterocycles. The average Bonchev–Trinajstić information content (AvgIpc) is 2.93. The van der Waals surface area contributed by atoms with Crippen molar-refractivity contribution in [2.24, 2.45) is 0 Å². The third-order valence-electron chi connectivity index (χ3n) is 6.19. The molecule has 2 N–H and O–H groups in total. The Kier molecular flexibility index (Phi) is 5.10. The van der Waals surface area contributed by atoms with Crippen molar-refractivity contribution in [3.05, 3.63) is 51.5 Å². The third kappa shape index (κ3) is 3.76. The first-order valence-corrected chi connectivity index (χ1v) is 10.2. The smallest absolute Gasteiger partial charge is 0.261 e. The summed E-state index contributed by atoms with van der Waals surface area (Å²) in [6, 6.07) is 1.80. The maximum Gasteiger partial charge on any atom is 0.261 e. The summed E-state index contributed by atoms with van der Waals surface area (Å²) in [5.74, 6) is 0.637. The molecule has 7 nitrogen and oxygen atoms in total. The Morgan fingerprint density at radius 1 is 1.25 bits per heavy atom. The highest BCUT2D eigenvalue weighted by molar-refractivity contribution is 5.94. The van der Waals surface area contributed by atoms with Gasteiger partial charge in [0.1, 0.15) is 11.4 Å². The number of nitrogens with one attached hydrogen (secondary N) is 1. The van der Waals surface area contributed by atoms with Gasteiger partial charge in [-0.05, 0) is 57.1 Å². The number of carbonyl (C=O) groups is 1. The number of pyridine rings is 1. The first-order valence-electron chi connectivity index (χ1n) is 10.2. The number of aromatic nitrogens is 3. The molecule has 28 heavy (non-hydrogen) atoms. The summed E-state index contributed by atoms with van der Waals surface area (Å²) in [7, 11) is 0. The van der Waals surface area contributed by atoms with Crippen LogP contribution >= 0.6 is 0 Å². The van der Waals surface area contributed by atoms with Gasteiger partial charge in [0.05, 0.1) is 12.1 Å². The molecule has 4 rings (SSSR count). The number of fused-ring (bicyclic) bond motifs is 1. The van der Waals surface area contributed by atoms with E-state index < -0.39 is 5.60 Å². The SMILES string of the molecule is Cc1nccn1CC1(O)CCN(C(=O)c2cc3c([nH]c2=O)CCCCC3)CC1. The lowest BCUT2D eigenvalue weighted by atomic mass is 9.90. The molecule has 0 aromatic carbocycles. The van der Waals surface area contributed by atoms with Crippen LogP contribution in [0.4, 0.5) is 0 Å². The maximum atomic E-state index is 13.0. The van der Waals surface area contributed by atoms with Gasteiger partial charge in [-0.2, -0.15) is 0 Å². The topological polar surface area (TPSA) is 91.2 Å². The lowest BCUT2D eigenvalue weighted by molar-refractivity contribution is -0.0296. The lowest BCUT2D eigenvalue weighted by Crippen LogP contribution is -2.49. The molecular weight excluding hydrogens is 356 g/mol. The Morgan fingerprint density at radius 2 is 2.00 bits per heavy atom. The van der Waals surface area contributed by atoms with Crippen molar-refractivity contribution in [1.29, 1.82) is 0 Å². The van der Waals surface area contributed by atoms with Crippen LogP contribution in [-0.4, -0.2) is 49.1 Å². The molecule has 1 aliphatic carbocycles.